The summed E-state index contributed by atoms with van der Waals surface area (Å²) in [4.78, 5) is 27.7. The molecule has 1 atom stereocenters. The van der Waals surface area contributed by atoms with Crippen LogP contribution in [0.25, 0.3) is 5.76 Å². The molecule has 1 aliphatic rings. The van der Waals surface area contributed by atoms with Crippen molar-refractivity contribution in [3.63, 3.8) is 0 Å². The lowest BCUT2D eigenvalue weighted by molar-refractivity contribution is -0.132. The molecule has 2 N–H and O–H groups in total. The number of ether oxygens (including phenoxy) is 1. The number of nitriles is 1. The average molecular weight is 475 g/mol. The van der Waals surface area contributed by atoms with E-state index in [1.807, 2.05) is 6.07 Å². The van der Waals surface area contributed by atoms with Crippen molar-refractivity contribution < 1.29 is 24.5 Å². The maximum atomic E-state index is 13.3. The van der Waals surface area contributed by atoms with Gasteiger partial charge in [0, 0.05) is 5.69 Å². The lowest BCUT2D eigenvalue weighted by atomic mass is 9.94. The molecule has 0 saturated carbocycles. The van der Waals surface area contributed by atoms with Crippen LogP contribution < -0.4 is 9.64 Å². The van der Waals surface area contributed by atoms with Crippen LogP contribution in [0.1, 0.15) is 28.3 Å². The monoisotopic (exact) mass is 474 g/mol. The summed E-state index contributed by atoms with van der Waals surface area (Å²) in [6.07, 6.45) is 0. The van der Waals surface area contributed by atoms with Gasteiger partial charge in [0.15, 0.2) is 0 Å². The van der Waals surface area contributed by atoms with E-state index in [1.165, 1.54) is 36.3 Å². The number of phenolic OH excluding ortho intramolecular Hbond substituents is 1. The third kappa shape index (κ3) is 3.85. The Labute approximate surface area is 200 Å². The van der Waals surface area contributed by atoms with E-state index < -0.39 is 23.5 Å². The van der Waals surface area contributed by atoms with Gasteiger partial charge in [0.2, 0.25) is 0 Å². The molecule has 0 aromatic heterocycles. The van der Waals surface area contributed by atoms with E-state index in [1.54, 1.807) is 43.3 Å². The molecule has 1 heterocycles. The predicted molar refractivity (Wildman–Crippen MR) is 127 cm³/mol. The van der Waals surface area contributed by atoms with Gasteiger partial charge in [-0.25, -0.2) is 0 Å². The maximum Gasteiger partial charge on any atom is 0.300 e. The molecule has 3 aromatic carbocycles. The van der Waals surface area contributed by atoms with Crippen LogP contribution in [0.4, 0.5) is 5.69 Å². The minimum absolute atomic E-state index is 0.0703. The minimum atomic E-state index is -1.05. The zero-order valence-corrected chi connectivity index (χ0v) is 19.0. The molecule has 4 rings (SSSR count). The number of carbonyl (C=O) groups excluding carboxylic acids is 2. The molecule has 7 nitrogen and oxygen atoms in total. The summed E-state index contributed by atoms with van der Waals surface area (Å²) in [7, 11) is 1.38. The van der Waals surface area contributed by atoms with Gasteiger partial charge in [-0.05, 0) is 66.6 Å². The number of nitrogens with zero attached hydrogens (tertiary/aromatic N) is 2. The number of hydrogen-bond donors (Lipinski definition) is 2. The number of aliphatic hydroxyl groups excluding tert-OH is 1. The number of rotatable bonds is 4. The number of Topliss-reactive ketones (excluding diaryl/α,β-unsaturated/α-hetero) is 1. The summed E-state index contributed by atoms with van der Waals surface area (Å²) in [5, 5.41) is 30.8. The molecular weight excluding hydrogens is 456 g/mol. The fourth-order valence-corrected chi connectivity index (χ4v) is 4.41. The minimum Gasteiger partial charge on any atom is -0.508 e. The van der Waals surface area contributed by atoms with Gasteiger partial charge in [0.05, 0.1) is 40.9 Å². The van der Waals surface area contributed by atoms with E-state index in [9.17, 15) is 19.8 Å². The van der Waals surface area contributed by atoms with Gasteiger partial charge in [0.1, 0.15) is 17.3 Å². The Morgan fingerprint density at radius 3 is 2.44 bits per heavy atom. The Morgan fingerprint density at radius 1 is 1.12 bits per heavy atom. The van der Waals surface area contributed by atoms with Gasteiger partial charge in [0.25, 0.3) is 11.7 Å². The van der Waals surface area contributed by atoms with Gasteiger partial charge in [-0.15, -0.1) is 0 Å². The van der Waals surface area contributed by atoms with Crippen LogP contribution in [0.2, 0.25) is 5.02 Å². The number of anilines is 1. The molecule has 0 bridgehead atoms. The van der Waals surface area contributed by atoms with Gasteiger partial charge < -0.3 is 14.9 Å². The SMILES string of the molecule is COc1c(Cl)cc(C)cc1/C(O)=C1\C(=O)C(=O)N(c2ccc(C#N)cc2)C1c1cccc(O)c1. The van der Waals surface area contributed by atoms with Crippen LogP contribution in [0.3, 0.4) is 0 Å². The second-order valence-corrected chi connectivity index (χ2v) is 8.16. The highest BCUT2D eigenvalue weighted by Gasteiger charge is 2.47. The van der Waals surface area contributed by atoms with Gasteiger partial charge in [-0.1, -0.05) is 23.7 Å². The number of aliphatic hydroxyl groups is 1. The molecule has 1 unspecified atom stereocenters. The highest BCUT2D eigenvalue weighted by atomic mass is 35.5. The van der Waals surface area contributed by atoms with Gasteiger partial charge in [-0.2, -0.15) is 5.26 Å². The first-order chi connectivity index (χ1) is 16.3. The normalized spacial score (nSPS) is 17.0. The fraction of sp³-hybridized carbons (Fsp3) is 0.115. The quantitative estimate of drug-likeness (QED) is 0.317. The summed E-state index contributed by atoms with van der Waals surface area (Å²) < 4.78 is 5.36. The predicted octanol–water partition coefficient (Wildman–Crippen LogP) is 4.86. The van der Waals surface area contributed by atoms with Gasteiger partial charge in [-0.3, -0.25) is 14.5 Å². The number of ketones is 1. The first kappa shape index (κ1) is 22.9. The van der Waals surface area contributed by atoms with Crippen molar-refractivity contribution in [2.24, 2.45) is 0 Å². The number of carbonyl (C=O) groups is 2. The van der Waals surface area contributed by atoms with Crippen LogP contribution in [0.5, 0.6) is 11.5 Å². The Hall–Kier alpha value is -4.28. The fourth-order valence-electron chi connectivity index (χ4n) is 4.06. The molecule has 1 amide bonds. The third-order valence-electron chi connectivity index (χ3n) is 5.55. The molecule has 0 aliphatic carbocycles. The van der Waals surface area contributed by atoms with Crippen molar-refractivity contribution in [2.75, 3.05) is 12.0 Å². The number of methoxy groups -OCH3 is 1. The average Bonchev–Trinajstić information content (AvgIpc) is 3.08. The lowest BCUT2D eigenvalue weighted by Crippen LogP contribution is -2.29. The van der Waals surface area contributed by atoms with Crippen LogP contribution >= 0.6 is 11.6 Å². The molecule has 8 heteroatoms. The molecule has 1 fully saturated rings. The zero-order valence-electron chi connectivity index (χ0n) is 18.2. The Bertz CT molecular complexity index is 1390. The molecule has 1 saturated heterocycles. The largest absolute Gasteiger partial charge is 0.508 e. The Balaban J connectivity index is 2.00. The summed E-state index contributed by atoms with van der Waals surface area (Å²) in [5.74, 6) is -2.14. The smallest absolute Gasteiger partial charge is 0.300 e. The van der Waals surface area contributed by atoms with Crippen molar-refractivity contribution in [2.45, 2.75) is 13.0 Å². The molecule has 0 spiro atoms. The van der Waals surface area contributed by atoms with Crippen LogP contribution in [-0.2, 0) is 9.59 Å². The summed E-state index contributed by atoms with van der Waals surface area (Å²) >= 11 is 6.30. The van der Waals surface area contributed by atoms with Crippen LogP contribution in [0.15, 0.2) is 66.2 Å². The van der Waals surface area contributed by atoms with Crippen molar-refractivity contribution in [3.05, 3.63) is 93.5 Å². The first-order valence-corrected chi connectivity index (χ1v) is 10.6. The number of phenols is 1. The van der Waals surface area contributed by atoms with E-state index in [4.69, 9.17) is 21.6 Å². The number of aryl methyl sites for hydroxylation is 1. The molecule has 0 radical (unpaired) electrons. The number of halogens is 1. The second-order valence-electron chi connectivity index (χ2n) is 7.75. The number of benzene rings is 3. The van der Waals surface area contributed by atoms with E-state index in [2.05, 4.69) is 0 Å². The van der Waals surface area contributed by atoms with E-state index >= 15 is 0 Å². The topological polar surface area (TPSA) is 111 Å². The summed E-state index contributed by atoms with van der Waals surface area (Å²) in [6.45, 7) is 1.77. The third-order valence-corrected chi connectivity index (χ3v) is 5.83. The molecule has 1 aliphatic heterocycles. The Kier molecular flexibility index (Phi) is 6.01. The highest BCUT2D eigenvalue weighted by molar-refractivity contribution is 6.51. The summed E-state index contributed by atoms with van der Waals surface area (Å²) in [5.41, 5.74) is 1.83. The van der Waals surface area contributed by atoms with Crippen LogP contribution in [0, 0.1) is 18.3 Å². The van der Waals surface area contributed by atoms with E-state index in [0.29, 0.717) is 22.4 Å². The molecule has 170 valence electrons. The number of amides is 1. The zero-order chi connectivity index (χ0) is 24.6. The van der Waals surface area contributed by atoms with Crippen LogP contribution in [-0.4, -0.2) is 29.0 Å². The molecular formula is C26H19ClN2O5. The highest BCUT2D eigenvalue weighted by Crippen LogP contribution is 2.45. The van der Waals surface area contributed by atoms with Crippen molar-refractivity contribution in [1.29, 1.82) is 5.26 Å². The molecule has 34 heavy (non-hydrogen) atoms. The second kappa shape index (κ2) is 8.93. The Morgan fingerprint density at radius 2 is 1.82 bits per heavy atom. The van der Waals surface area contributed by atoms with Crippen molar-refractivity contribution in [3.8, 4) is 17.6 Å². The molecule has 3 aromatic rings. The van der Waals surface area contributed by atoms with Gasteiger partial charge >= 0.3 is 0 Å². The van der Waals surface area contributed by atoms with Crippen molar-refractivity contribution >= 4 is 34.7 Å². The van der Waals surface area contributed by atoms with E-state index in [0.717, 1.165) is 0 Å². The summed E-state index contributed by atoms with van der Waals surface area (Å²) in [6, 6.07) is 16.4. The lowest BCUT2D eigenvalue weighted by Gasteiger charge is -2.25. The first-order valence-electron chi connectivity index (χ1n) is 10.2. The number of aromatic hydroxyl groups is 1. The number of hydrogen-bond acceptors (Lipinski definition) is 6. The van der Waals surface area contributed by atoms with E-state index in [-0.39, 0.29) is 27.7 Å². The standard InChI is InChI=1S/C26H19ClN2O5/c1-14-10-19(25(34-2)20(27)11-14)23(31)21-22(16-4-3-5-18(30)12-16)29(26(33)24(21)32)17-8-6-15(13-28)7-9-17/h3-12,22,30-31H,1-2H3/b23-21+. The maximum absolute atomic E-state index is 13.3. The van der Waals surface area contributed by atoms with Crippen molar-refractivity contribution in [1.82, 2.24) is 0 Å².